The third-order valence-corrected chi connectivity index (χ3v) is 14.5. The van der Waals surface area contributed by atoms with Gasteiger partial charge in [-0.3, -0.25) is 15.1 Å². The van der Waals surface area contributed by atoms with Crippen molar-refractivity contribution < 1.29 is 260 Å². The SMILES string of the molecule is CCN(CC)c1nc(Nc2ccc(C=Cc3ccc(Nc4nc(Nc5cc(SOO[O-])ccc5S(=O)(=O)[O-])nc(N(CC)CC)n4)cc3S(=O)(=O)[O-])c(SOO[O-])c2)nc(Nc2cc(S(=O)(=O)[O-])ccc2SOO[O-])n1.[Na+].[Na+].[Na+].[Na+].[Na+].[Na+]. The van der Waals surface area contributed by atoms with Crippen LogP contribution in [0.4, 0.5) is 58.4 Å². The number of hydrogen-bond donors (Lipinski definition) is 4. The second-order valence-electron chi connectivity index (χ2n) is 14.6. The summed E-state index contributed by atoms with van der Waals surface area (Å²) in [5, 5.41) is 53.6. The van der Waals surface area contributed by atoms with E-state index in [0.717, 1.165) is 30.3 Å². The van der Waals surface area contributed by atoms with E-state index in [1.807, 2.05) is 13.8 Å². The maximum Gasteiger partial charge on any atom is 1.00 e. The number of benzene rings is 4. The molecule has 0 amide bonds. The van der Waals surface area contributed by atoms with E-state index in [-0.39, 0.29) is 256 Å². The Kier molecular flexibility index (Phi) is 39.0. The molecule has 30 nitrogen and oxygen atoms in total. The van der Waals surface area contributed by atoms with Crippen LogP contribution < -0.4 is 224 Å². The van der Waals surface area contributed by atoms with Gasteiger partial charge in [0.25, 0.3) is 0 Å². The molecule has 0 aliphatic heterocycles. The summed E-state index contributed by atoms with van der Waals surface area (Å²) in [5.41, 5.74) is 0.0772. The Bertz CT molecular complexity index is 3410. The molecule has 0 spiro atoms. The second kappa shape index (κ2) is 39.1. The van der Waals surface area contributed by atoms with Crippen molar-refractivity contribution in [2.24, 2.45) is 0 Å². The summed E-state index contributed by atoms with van der Waals surface area (Å²) in [6.07, 6.45) is 2.69. The molecule has 0 saturated carbocycles. The van der Waals surface area contributed by atoms with Crippen molar-refractivity contribution in [3.05, 3.63) is 83.9 Å². The minimum absolute atomic E-state index is 0. The quantitative estimate of drug-likeness (QED) is 0.00885. The molecule has 82 heavy (non-hydrogen) atoms. The van der Waals surface area contributed by atoms with Crippen LogP contribution in [0, 0.1) is 0 Å². The average molecular weight is 1310 g/mol. The molecule has 2 heterocycles. The van der Waals surface area contributed by atoms with Gasteiger partial charge in [-0.25, -0.2) is 25.3 Å². The molecule has 4 N–H and O–H groups in total. The average Bonchev–Trinajstić information content (AvgIpc) is 3.36. The van der Waals surface area contributed by atoms with Gasteiger partial charge in [0.2, 0.25) is 35.7 Å². The van der Waals surface area contributed by atoms with Crippen LogP contribution >= 0.6 is 36.1 Å². The molecular formula is C40H38N12Na6O18S6. The number of nitrogens with zero attached hydrogens (tertiary/aromatic N) is 8. The molecule has 0 fully saturated rings. The molecule has 42 heteroatoms. The second-order valence-corrected chi connectivity index (χ2v) is 20.9. The predicted molar refractivity (Wildman–Crippen MR) is 263 cm³/mol. The molecule has 0 unspecified atom stereocenters. The van der Waals surface area contributed by atoms with Gasteiger partial charge in [0.1, 0.15) is 30.4 Å². The van der Waals surface area contributed by atoms with E-state index in [2.05, 4.69) is 79.3 Å². The van der Waals surface area contributed by atoms with Gasteiger partial charge in [0.15, 0.2) is 0 Å². The van der Waals surface area contributed by atoms with Crippen molar-refractivity contribution in [2.75, 3.05) is 57.2 Å². The molecule has 0 aliphatic carbocycles. The maximum absolute atomic E-state index is 12.8. The topological polar surface area (TPSA) is 428 Å². The fourth-order valence-corrected chi connectivity index (χ4v) is 9.72. The summed E-state index contributed by atoms with van der Waals surface area (Å²) >= 11 is 1.27. The van der Waals surface area contributed by atoms with E-state index < -0.39 is 45.0 Å². The smallest absolute Gasteiger partial charge is 0.744 e. The molecule has 0 saturated heterocycles. The Morgan fingerprint density at radius 3 is 1.38 bits per heavy atom. The standard InChI is InChI=1S/C40H44N12O18S6.6Na/c1-5-51(6-2)39-47-35(45-37(49-39)43-29-22-28(74(56,57)58)16-17-31(29)72-69-66-54)41-25-13-11-23(32(19-25)73-70-67-55)9-10-24-12-14-26(20-34(24)76(62,63)64)42-36-46-38(50-40(48-36)52(7-3)8-4)44-30-21-27(71-68-65-53)15-18-33(30)75(59,60)61;;;;;;/h9-22,53-55H,5-8H2,1-4H3,(H,56,57,58)(H,59,60,61)(H,62,63,64)(H2,41,43,45,47,49)(H2,42,44,46,48,50);;;;;;/q;6*+1/p-6. The van der Waals surface area contributed by atoms with Crippen LogP contribution in [-0.4, -0.2) is 95.0 Å². The van der Waals surface area contributed by atoms with Crippen molar-refractivity contribution in [1.82, 2.24) is 29.9 Å². The minimum atomic E-state index is -5.22. The molecule has 0 radical (unpaired) electrons. The fourth-order valence-electron chi connectivity index (χ4n) is 6.58. The van der Waals surface area contributed by atoms with Gasteiger partial charge in [0, 0.05) is 47.3 Å². The molecule has 408 valence electrons. The van der Waals surface area contributed by atoms with E-state index >= 15 is 0 Å². The van der Waals surface area contributed by atoms with Crippen LogP contribution in [0.3, 0.4) is 0 Å². The van der Waals surface area contributed by atoms with Gasteiger partial charge in [-0.2, -0.15) is 42.9 Å². The van der Waals surface area contributed by atoms with Gasteiger partial charge >= 0.3 is 177 Å². The summed E-state index contributed by atoms with van der Waals surface area (Å²) < 4.78 is 124. The van der Waals surface area contributed by atoms with Crippen molar-refractivity contribution in [3.8, 4) is 0 Å². The number of nitrogens with one attached hydrogen (secondary N) is 4. The summed E-state index contributed by atoms with van der Waals surface area (Å²) in [5.74, 6) is -0.575. The monoisotopic (exact) mass is 1300 g/mol. The zero-order valence-electron chi connectivity index (χ0n) is 45.3. The summed E-state index contributed by atoms with van der Waals surface area (Å²) in [6, 6.07) is 14.6. The van der Waals surface area contributed by atoms with E-state index in [4.69, 9.17) is 0 Å². The van der Waals surface area contributed by atoms with Crippen molar-refractivity contribution in [2.45, 2.75) is 57.1 Å². The van der Waals surface area contributed by atoms with Crippen LogP contribution in [-0.2, 0) is 58.5 Å². The van der Waals surface area contributed by atoms with Crippen LogP contribution in [0.15, 0.2) is 102 Å². The van der Waals surface area contributed by atoms with E-state index in [9.17, 15) is 54.7 Å². The van der Waals surface area contributed by atoms with Gasteiger partial charge in [-0.1, -0.05) is 24.3 Å². The summed E-state index contributed by atoms with van der Waals surface area (Å²) in [4.78, 5) is 28.1. The van der Waals surface area contributed by atoms with Gasteiger partial charge in [-0.05, 0) is 99.5 Å². The van der Waals surface area contributed by atoms with Crippen molar-refractivity contribution in [3.63, 3.8) is 0 Å². The van der Waals surface area contributed by atoms with E-state index in [0.29, 0.717) is 67.9 Å². The number of rotatable bonds is 28. The molecule has 0 atom stereocenters. The van der Waals surface area contributed by atoms with Crippen LogP contribution in [0.25, 0.3) is 12.2 Å². The molecule has 6 rings (SSSR count). The number of hydrogen-bond acceptors (Lipinski definition) is 33. The number of aromatic nitrogens is 6. The Hall–Kier alpha value is -0.140. The molecule has 0 aliphatic rings. The molecular weight excluding hydrogens is 1270 g/mol. The molecule has 2 aromatic heterocycles. The predicted octanol–water partition coefficient (Wildman–Crippen LogP) is -14.7. The van der Waals surface area contributed by atoms with Crippen LogP contribution in [0.2, 0.25) is 0 Å². The van der Waals surface area contributed by atoms with Crippen LogP contribution in [0.5, 0.6) is 0 Å². The zero-order chi connectivity index (χ0) is 55.2. The van der Waals surface area contributed by atoms with Crippen molar-refractivity contribution in [1.29, 1.82) is 0 Å². The largest absolute Gasteiger partial charge is 1.00 e. The number of anilines is 10. The summed E-state index contributed by atoms with van der Waals surface area (Å²) in [7, 11) is -15.2. The molecule has 6 aromatic rings. The molecule has 0 bridgehead atoms. The minimum Gasteiger partial charge on any atom is -0.744 e. The first-order chi connectivity index (χ1) is 36.2. The Labute approximate surface area is 616 Å². The fraction of sp³-hybridized carbons (Fsp3) is 0.200. The zero-order valence-corrected chi connectivity index (χ0v) is 62.2. The Balaban J connectivity index is 0.0000109. The third-order valence-electron chi connectivity index (χ3n) is 10.0. The van der Waals surface area contributed by atoms with Gasteiger partial charge in [0.05, 0.1) is 67.1 Å². The first-order valence-electron chi connectivity index (χ1n) is 21.3. The Morgan fingerprint density at radius 1 is 0.463 bits per heavy atom. The first-order valence-corrected chi connectivity index (χ1v) is 27.8. The third kappa shape index (κ3) is 24.3. The summed E-state index contributed by atoms with van der Waals surface area (Å²) in [6.45, 7) is 8.87. The van der Waals surface area contributed by atoms with Crippen molar-refractivity contribution >= 4 is 137 Å². The maximum atomic E-state index is 12.8. The first kappa shape index (κ1) is 81.9. The van der Waals surface area contributed by atoms with Gasteiger partial charge in [-0.15, -0.1) is 0 Å². The van der Waals surface area contributed by atoms with Crippen LogP contribution in [0.1, 0.15) is 38.8 Å². The van der Waals surface area contributed by atoms with E-state index in [1.165, 1.54) is 54.6 Å². The molecule has 4 aromatic carbocycles. The van der Waals surface area contributed by atoms with E-state index in [1.54, 1.807) is 23.6 Å². The normalized spacial score (nSPS) is 11.1. The Morgan fingerprint density at radius 2 is 0.902 bits per heavy atom. The van der Waals surface area contributed by atoms with Gasteiger partial charge < -0.3 is 60.5 Å².